The smallest absolute Gasteiger partial charge is 0.251 e. The largest absolute Gasteiger partial charge is 0.366 e. The number of aryl methyl sites for hydroxylation is 1. The molecule has 2 aliphatic heterocycles. The van der Waals surface area contributed by atoms with E-state index < -0.39 is 12.1 Å². The van der Waals surface area contributed by atoms with Gasteiger partial charge in [0, 0.05) is 25.3 Å². The molecule has 0 bridgehead atoms. The van der Waals surface area contributed by atoms with Gasteiger partial charge in [0.1, 0.15) is 12.1 Å². The van der Waals surface area contributed by atoms with Crippen molar-refractivity contribution in [3.05, 3.63) is 29.8 Å². The van der Waals surface area contributed by atoms with E-state index in [-0.39, 0.29) is 24.2 Å². The van der Waals surface area contributed by atoms with Crippen molar-refractivity contribution in [2.24, 2.45) is 0 Å². The van der Waals surface area contributed by atoms with E-state index >= 15 is 0 Å². The maximum atomic E-state index is 12.5. The molecule has 0 saturated carbocycles. The molecule has 2 amide bonds. The van der Waals surface area contributed by atoms with Gasteiger partial charge in [0.25, 0.3) is 5.91 Å². The highest BCUT2D eigenvalue weighted by Crippen LogP contribution is 2.22. The fourth-order valence-electron chi connectivity index (χ4n) is 2.79. The summed E-state index contributed by atoms with van der Waals surface area (Å²) in [6.07, 6.45) is 0.119. The van der Waals surface area contributed by atoms with Crippen LogP contribution in [-0.4, -0.2) is 50.2 Å². The topological polar surface area (TPSA) is 70.7 Å². The molecule has 2 unspecified atom stereocenters. The van der Waals surface area contributed by atoms with Crippen molar-refractivity contribution in [2.75, 3.05) is 31.1 Å². The number of benzene rings is 1. The first-order valence-corrected chi connectivity index (χ1v) is 7.66. The first-order chi connectivity index (χ1) is 10.6. The van der Waals surface area contributed by atoms with Crippen LogP contribution in [0.3, 0.4) is 0 Å². The summed E-state index contributed by atoms with van der Waals surface area (Å²) in [5.41, 5.74) is 2.03. The molecule has 1 aromatic carbocycles. The van der Waals surface area contributed by atoms with Gasteiger partial charge in [0.05, 0.1) is 6.61 Å². The van der Waals surface area contributed by atoms with Crippen LogP contribution in [-0.2, 0) is 14.3 Å². The molecule has 126 valence electrons. The van der Waals surface area contributed by atoms with E-state index in [9.17, 15) is 9.59 Å². The molecule has 2 atom stereocenters. The van der Waals surface area contributed by atoms with Crippen LogP contribution in [0.2, 0.25) is 0 Å². The van der Waals surface area contributed by atoms with Crippen LogP contribution in [0, 0.1) is 6.92 Å². The molecule has 0 radical (unpaired) electrons. The predicted molar refractivity (Wildman–Crippen MR) is 89.9 cm³/mol. The third-order valence-corrected chi connectivity index (χ3v) is 4.09. The Morgan fingerprint density at radius 3 is 2.74 bits per heavy atom. The molecule has 6 nitrogen and oxygen atoms in total. The van der Waals surface area contributed by atoms with Crippen LogP contribution in [0.4, 0.5) is 5.69 Å². The van der Waals surface area contributed by atoms with Gasteiger partial charge in [-0.25, -0.2) is 0 Å². The molecule has 23 heavy (non-hydrogen) atoms. The van der Waals surface area contributed by atoms with Gasteiger partial charge >= 0.3 is 0 Å². The standard InChI is InChI=1S/C16H21N3O3.ClH/c1-11-2-4-12(5-3-11)19-8-6-13(16(19)21)18-15(20)14-10-17-7-9-22-14;/h2-5,13-14,17H,6-10H2,1H3,(H,18,20);1H. The van der Waals surface area contributed by atoms with E-state index in [0.717, 1.165) is 17.8 Å². The molecule has 1 aromatic rings. The monoisotopic (exact) mass is 339 g/mol. The molecule has 2 heterocycles. The number of carbonyl (C=O) groups is 2. The van der Waals surface area contributed by atoms with Crippen LogP contribution in [0.25, 0.3) is 0 Å². The van der Waals surface area contributed by atoms with Crippen molar-refractivity contribution >= 4 is 29.9 Å². The molecule has 0 aliphatic carbocycles. The van der Waals surface area contributed by atoms with Gasteiger partial charge in [-0.3, -0.25) is 9.59 Å². The Balaban J connectivity index is 0.00000192. The first kappa shape index (κ1) is 17.7. The predicted octanol–water partition coefficient (Wildman–Crippen LogP) is 0.627. The second-order valence-corrected chi connectivity index (χ2v) is 5.74. The van der Waals surface area contributed by atoms with Crippen LogP contribution in [0.15, 0.2) is 24.3 Å². The number of nitrogens with zero attached hydrogens (tertiary/aromatic N) is 1. The van der Waals surface area contributed by atoms with Crippen molar-refractivity contribution in [1.82, 2.24) is 10.6 Å². The highest BCUT2D eigenvalue weighted by Gasteiger charge is 2.35. The molecule has 2 saturated heterocycles. The first-order valence-electron chi connectivity index (χ1n) is 7.66. The Bertz CT molecular complexity index is 558. The average Bonchev–Trinajstić information content (AvgIpc) is 2.90. The molecular formula is C16H22ClN3O3. The van der Waals surface area contributed by atoms with Gasteiger partial charge in [0.2, 0.25) is 5.91 Å². The summed E-state index contributed by atoms with van der Waals surface area (Å²) in [6, 6.07) is 7.38. The van der Waals surface area contributed by atoms with Crippen LogP contribution in [0.5, 0.6) is 0 Å². The van der Waals surface area contributed by atoms with Crippen LogP contribution in [0.1, 0.15) is 12.0 Å². The summed E-state index contributed by atoms with van der Waals surface area (Å²) < 4.78 is 5.41. The summed E-state index contributed by atoms with van der Waals surface area (Å²) in [7, 11) is 0. The van der Waals surface area contributed by atoms with Crippen molar-refractivity contribution < 1.29 is 14.3 Å². The molecule has 2 fully saturated rings. The second kappa shape index (κ2) is 7.77. The quantitative estimate of drug-likeness (QED) is 0.847. The summed E-state index contributed by atoms with van der Waals surface area (Å²) in [5, 5.41) is 5.92. The van der Waals surface area contributed by atoms with E-state index in [1.807, 2.05) is 31.2 Å². The molecule has 3 rings (SSSR count). The molecule has 2 aliphatic rings. The zero-order chi connectivity index (χ0) is 15.5. The molecule has 7 heteroatoms. The minimum absolute atomic E-state index is 0. The van der Waals surface area contributed by atoms with Gasteiger partial charge in [-0.15, -0.1) is 12.4 Å². The highest BCUT2D eigenvalue weighted by atomic mass is 35.5. The zero-order valence-electron chi connectivity index (χ0n) is 13.1. The number of hydrogen-bond donors (Lipinski definition) is 2. The van der Waals surface area contributed by atoms with Crippen molar-refractivity contribution in [3.63, 3.8) is 0 Å². The summed E-state index contributed by atoms with van der Waals surface area (Å²) in [5.74, 6) is -0.266. The Hall–Kier alpha value is -1.63. The van der Waals surface area contributed by atoms with Gasteiger partial charge in [-0.05, 0) is 25.5 Å². The van der Waals surface area contributed by atoms with E-state index in [4.69, 9.17) is 4.74 Å². The Labute approximate surface area is 142 Å². The fourth-order valence-corrected chi connectivity index (χ4v) is 2.79. The Morgan fingerprint density at radius 2 is 2.09 bits per heavy atom. The number of nitrogens with one attached hydrogen (secondary N) is 2. The van der Waals surface area contributed by atoms with Gasteiger partial charge < -0.3 is 20.3 Å². The van der Waals surface area contributed by atoms with Gasteiger partial charge in [-0.1, -0.05) is 17.7 Å². The number of carbonyl (C=O) groups excluding carboxylic acids is 2. The van der Waals surface area contributed by atoms with E-state index in [1.54, 1.807) is 4.90 Å². The van der Waals surface area contributed by atoms with Gasteiger partial charge in [-0.2, -0.15) is 0 Å². The number of anilines is 1. The summed E-state index contributed by atoms with van der Waals surface area (Å²) >= 11 is 0. The molecule has 0 spiro atoms. The lowest BCUT2D eigenvalue weighted by Gasteiger charge is -2.24. The fraction of sp³-hybridized carbons (Fsp3) is 0.500. The van der Waals surface area contributed by atoms with Gasteiger partial charge in [0.15, 0.2) is 0 Å². The van der Waals surface area contributed by atoms with Crippen LogP contribution >= 0.6 is 12.4 Å². The lowest BCUT2D eigenvalue weighted by molar-refractivity contribution is -0.136. The third-order valence-electron chi connectivity index (χ3n) is 4.09. The number of morpholine rings is 1. The normalized spacial score (nSPS) is 24.2. The highest BCUT2D eigenvalue weighted by molar-refractivity contribution is 6.01. The molecule has 2 N–H and O–H groups in total. The lowest BCUT2D eigenvalue weighted by Crippen LogP contribution is -2.51. The Kier molecular flexibility index (Phi) is 5.98. The summed E-state index contributed by atoms with van der Waals surface area (Å²) in [6.45, 7) is 4.40. The number of amides is 2. The van der Waals surface area contributed by atoms with Crippen molar-refractivity contribution in [3.8, 4) is 0 Å². The third kappa shape index (κ3) is 4.02. The number of halogens is 1. The van der Waals surface area contributed by atoms with E-state index in [0.29, 0.717) is 26.1 Å². The van der Waals surface area contributed by atoms with Crippen LogP contribution < -0.4 is 15.5 Å². The molecule has 0 aromatic heterocycles. The Morgan fingerprint density at radius 1 is 1.35 bits per heavy atom. The summed E-state index contributed by atoms with van der Waals surface area (Å²) in [4.78, 5) is 26.3. The minimum atomic E-state index is -0.505. The van der Waals surface area contributed by atoms with E-state index in [1.165, 1.54) is 0 Å². The van der Waals surface area contributed by atoms with Crippen molar-refractivity contribution in [1.29, 1.82) is 0 Å². The second-order valence-electron chi connectivity index (χ2n) is 5.74. The zero-order valence-corrected chi connectivity index (χ0v) is 13.9. The molecular weight excluding hydrogens is 318 g/mol. The maximum Gasteiger partial charge on any atom is 0.251 e. The average molecular weight is 340 g/mol. The van der Waals surface area contributed by atoms with E-state index in [2.05, 4.69) is 10.6 Å². The lowest BCUT2D eigenvalue weighted by atomic mass is 10.2. The maximum absolute atomic E-state index is 12.5. The number of hydrogen-bond acceptors (Lipinski definition) is 4. The number of rotatable bonds is 3. The SMILES string of the molecule is Cc1ccc(N2CCC(NC(=O)C3CNCCO3)C2=O)cc1.Cl. The number of ether oxygens (including phenoxy) is 1. The van der Waals surface area contributed by atoms with Crippen molar-refractivity contribution in [2.45, 2.75) is 25.5 Å². The minimum Gasteiger partial charge on any atom is -0.366 e.